The molecule has 0 spiro atoms. The number of fused-ring (bicyclic) bond motifs is 2. The first-order valence-electron chi connectivity index (χ1n) is 27.6. The maximum absolute atomic E-state index is 13.9. The lowest BCUT2D eigenvalue weighted by atomic mass is 9.87. The van der Waals surface area contributed by atoms with Crippen molar-refractivity contribution >= 4 is 64.4 Å². The predicted molar refractivity (Wildman–Crippen MR) is 302 cm³/mol. The molecule has 7 amide bonds. The number of hydrogen-bond donors (Lipinski definition) is 8. The van der Waals surface area contributed by atoms with Crippen molar-refractivity contribution in [1.82, 2.24) is 42.8 Å². The molecular formula is C57H76N8O13S2. The first-order valence-corrected chi connectivity index (χ1v) is 29.6. The molecule has 0 aliphatic carbocycles. The topological polar surface area (TPSA) is 291 Å². The van der Waals surface area contributed by atoms with Crippen molar-refractivity contribution in [2.75, 3.05) is 65.1 Å². The molecule has 3 aromatic carbocycles. The molecule has 5 aliphatic rings. The molecule has 0 radical (unpaired) electrons. The van der Waals surface area contributed by atoms with Crippen LogP contribution >= 0.6 is 23.5 Å². The van der Waals surface area contributed by atoms with Gasteiger partial charge in [-0.2, -0.15) is 11.8 Å². The fourth-order valence-corrected chi connectivity index (χ4v) is 12.4. The number of urea groups is 1. The molecule has 8 rings (SSSR count). The number of rotatable bonds is 31. The van der Waals surface area contributed by atoms with Gasteiger partial charge in [-0.3, -0.25) is 34.1 Å². The fourth-order valence-electron chi connectivity index (χ4n) is 10.0. The molecule has 80 heavy (non-hydrogen) atoms. The summed E-state index contributed by atoms with van der Waals surface area (Å²) in [6, 6.07) is 13.5. The van der Waals surface area contributed by atoms with Crippen LogP contribution in [0.1, 0.15) is 109 Å². The molecule has 5 aliphatic heterocycles. The summed E-state index contributed by atoms with van der Waals surface area (Å²) in [5.74, 6) is 0.661. The standard InChI is InChI=1S/C57H76N8O13S2/c1-34-35(2)50-41(20-21-56(4,78-50)33-76-40-18-12-37(13-19-40)30-45-53(70)63-55(72)80-45)36(3)49(34)77-47(67)31-42(60-51(68)38-14-16-39(17-15-38)57(5)64-65-57)52(69)59-23-9-25-74-27-29-75-28-26-73-24-8-22-58-46(66)11-7-6-10-44-48-43(32-79-44)61-54(71)62-48/h12-19,42-45,48,64-65H,6-11,20-33H2,1-5H3,(H,58,66)(H,59,69)(H,60,68)(H2,61,62,71)(H,63,70,72)/t42-,43+,44+,45?,48+,56?/m1/s1. The monoisotopic (exact) mass is 1140 g/mol. The van der Waals surface area contributed by atoms with Gasteiger partial charge in [-0.05, 0) is 132 Å². The van der Waals surface area contributed by atoms with Crippen LogP contribution in [0.5, 0.6) is 17.2 Å². The molecule has 5 heterocycles. The Hall–Kier alpha value is -5.95. The van der Waals surface area contributed by atoms with Crippen molar-refractivity contribution in [1.29, 1.82) is 0 Å². The van der Waals surface area contributed by atoms with Gasteiger partial charge in [0.25, 0.3) is 11.1 Å². The molecule has 2 unspecified atom stereocenters. The van der Waals surface area contributed by atoms with Gasteiger partial charge in [0.05, 0.1) is 50.2 Å². The van der Waals surface area contributed by atoms with Crippen molar-refractivity contribution < 1.29 is 62.0 Å². The van der Waals surface area contributed by atoms with Gasteiger partial charge in [-0.1, -0.05) is 42.4 Å². The zero-order chi connectivity index (χ0) is 56.8. The van der Waals surface area contributed by atoms with Crippen LogP contribution in [0.25, 0.3) is 0 Å². The van der Waals surface area contributed by atoms with Crippen LogP contribution < -0.4 is 57.0 Å². The third-order valence-electron chi connectivity index (χ3n) is 15.0. The molecule has 0 saturated carbocycles. The van der Waals surface area contributed by atoms with E-state index in [1.54, 1.807) is 12.1 Å². The van der Waals surface area contributed by atoms with E-state index in [4.69, 9.17) is 28.4 Å². The first kappa shape index (κ1) is 60.2. The van der Waals surface area contributed by atoms with Crippen molar-refractivity contribution in [3.63, 3.8) is 0 Å². The Balaban J connectivity index is 0.729. The molecule has 8 N–H and O–H groups in total. The third-order valence-corrected chi connectivity index (χ3v) is 17.5. The van der Waals surface area contributed by atoms with Gasteiger partial charge >= 0.3 is 12.0 Å². The van der Waals surface area contributed by atoms with Gasteiger partial charge < -0.3 is 55.0 Å². The number of unbranched alkanes of at least 4 members (excludes halogenated alkanes) is 1. The number of thioether (sulfide) groups is 2. The summed E-state index contributed by atoms with van der Waals surface area (Å²) < 4.78 is 35.9. The number of carbonyl (C=O) groups is 7. The maximum atomic E-state index is 13.9. The number of esters is 1. The van der Waals surface area contributed by atoms with E-state index in [0.29, 0.717) is 118 Å². The summed E-state index contributed by atoms with van der Waals surface area (Å²) in [5, 5.41) is 16.5. The summed E-state index contributed by atoms with van der Waals surface area (Å²) in [4.78, 5) is 88.6. The van der Waals surface area contributed by atoms with Gasteiger partial charge in [0.2, 0.25) is 17.7 Å². The second kappa shape index (κ2) is 28.2. The van der Waals surface area contributed by atoms with Crippen LogP contribution in [0.4, 0.5) is 9.59 Å². The number of hydrazine groups is 1. The average Bonchev–Trinajstić information content (AvgIpc) is 3.74. The van der Waals surface area contributed by atoms with Crippen molar-refractivity contribution in [3.05, 3.63) is 87.5 Å². The van der Waals surface area contributed by atoms with Crippen molar-refractivity contribution in [2.24, 2.45) is 0 Å². The number of carbonyl (C=O) groups excluding carboxylic acids is 7. The molecule has 3 aromatic rings. The Labute approximate surface area is 475 Å². The lowest BCUT2D eigenvalue weighted by Gasteiger charge is -2.37. The largest absolute Gasteiger partial charge is 0.489 e. The summed E-state index contributed by atoms with van der Waals surface area (Å²) in [5.41, 5.74) is 10.4. The molecule has 4 saturated heterocycles. The van der Waals surface area contributed by atoms with Crippen LogP contribution in [0.2, 0.25) is 0 Å². The summed E-state index contributed by atoms with van der Waals surface area (Å²) in [6.07, 6.45) is 5.64. The summed E-state index contributed by atoms with van der Waals surface area (Å²) in [7, 11) is 0. The van der Waals surface area contributed by atoms with Crippen molar-refractivity contribution in [2.45, 2.75) is 139 Å². The van der Waals surface area contributed by atoms with Gasteiger partial charge in [0.15, 0.2) is 0 Å². The minimum Gasteiger partial charge on any atom is -0.489 e. The van der Waals surface area contributed by atoms with Crippen LogP contribution in [-0.4, -0.2) is 140 Å². The van der Waals surface area contributed by atoms with E-state index >= 15 is 0 Å². The molecular weight excluding hydrogens is 1070 g/mol. The Bertz CT molecular complexity index is 2710. The molecule has 434 valence electrons. The fraction of sp³-hybridized carbons (Fsp3) is 0.561. The van der Waals surface area contributed by atoms with E-state index in [9.17, 15) is 33.6 Å². The van der Waals surface area contributed by atoms with Gasteiger partial charge in [0, 0.05) is 54.9 Å². The molecule has 6 atom stereocenters. The third kappa shape index (κ3) is 16.6. The van der Waals surface area contributed by atoms with Crippen molar-refractivity contribution in [3.8, 4) is 17.2 Å². The number of benzene rings is 3. The number of imide groups is 1. The number of hydrogen-bond acceptors (Lipinski definition) is 17. The van der Waals surface area contributed by atoms with E-state index in [0.717, 1.165) is 64.6 Å². The second-order valence-corrected chi connectivity index (χ2v) is 23.7. The van der Waals surface area contributed by atoms with E-state index < -0.39 is 41.1 Å². The average molecular weight is 1150 g/mol. The van der Waals surface area contributed by atoms with Crippen LogP contribution in [-0.2, 0) is 51.9 Å². The van der Waals surface area contributed by atoms with Gasteiger partial charge in [-0.15, -0.1) is 0 Å². The van der Waals surface area contributed by atoms with Gasteiger partial charge in [-0.25, -0.2) is 15.6 Å². The molecule has 0 aromatic heterocycles. The number of amides is 7. The van der Waals surface area contributed by atoms with Crippen LogP contribution in [0.15, 0.2) is 48.5 Å². The molecule has 21 nitrogen and oxygen atoms in total. The van der Waals surface area contributed by atoms with E-state index in [2.05, 4.69) is 42.8 Å². The highest BCUT2D eigenvalue weighted by Gasteiger charge is 2.43. The SMILES string of the molecule is Cc1c(C)c2c(c(C)c1OC(=O)C[C@@H](NC(=O)c1ccc(C3(C)NN3)cc1)C(=O)NCCCOCCOCCOCCCNC(=O)CCCC[C@@H]1SC[C@@H]3NC(=O)N[C@@H]31)CCC(C)(COc1ccc(CC3SC(=O)NC3=O)cc1)O2. The predicted octanol–water partition coefficient (Wildman–Crippen LogP) is 4.83. The minimum absolute atomic E-state index is 0.0383. The van der Waals surface area contributed by atoms with Gasteiger partial charge in [0.1, 0.15) is 41.2 Å². The Morgan fingerprint density at radius 3 is 2.16 bits per heavy atom. The first-order chi connectivity index (χ1) is 38.5. The zero-order valence-corrected chi connectivity index (χ0v) is 47.9. The number of nitrogens with one attached hydrogen (secondary N) is 8. The van der Waals surface area contributed by atoms with E-state index in [-0.39, 0.29) is 54.0 Å². The lowest BCUT2D eigenvalue weighted by Crippen LogP contribution is -2.48. The van der Waals surface area contributed by atoms with Crippen LogP contribution in [0, 0.1) is 20.8 Å². The minimum atomic E-state index is -1.25. The molecule has 0 bridgehead atoms. The zero-order valence-electron chi connectivity index (χ0n) is 46.3. The molecule has 23 heteroatoms. The second-order valence-electron chi connectivity index (χ2n) is 21.3. The highest BCUT2D eigenvalue weighted by atomic mass is 32.2. The Kier molecular flexibility index (Phi) is 21.2. The smallest absolute Gasteiger partial charge is 0.315 e. The van der Waals surface area contributed by atoms with Crippen LogP contribution in [0.3, 0.4) is 0 Å². The Morgan fingerprint density at radius 1 is 0.800 bits per heavy atom. The molecule has 4 fully saturated rings. The maximum Gasteiger partial charge on any atom is 0.315 e. The summed E-state index contributed by atoms with van der Waals surface area (Å²) in [6.45, 7) is 13.0. The normalized spacial score (nSPS) is 21.7. The lowest BCUT2D eigenvalue weighted by molar-refractivity contribution is -0.137. The van der Waals surface area contributed by atoms with E-state index in [1.807, 2.05) is 82.8 Å². The Morgan fingerprint density at radius 2 is 1.49 bits per heavy atom. The van der Waals surface area contributed by atoms with E-state index in [1.165, 1.54) is 0 Å². The highest BCUT2D eigenvalue weighted by molar-refractivity contribution is 8.15. The number of ether oxygens (including phenoxy) is 6. The quantitative estimate of drug-likeness (QED) is 0.0141. The summed E-state index contributed by atoms with van der Waals surface area (Å²) >= 11 is 2.89. The highest BCUT2D eigenvalue weighted by Crippen LogP contribution is 2.44.